The van der Waals surface area contributed by atoms with Crippen LogP contribution in [0.5, 0.6) is 0 Å². The van der Waals surface area contributed by atoms with Gasteiger partial charge in [-0.15, -0.1) is 5.10 Å². The maximum Gasteiger partial charge on any atom is 0.416 e. The van der Waals surface area contributed by atoms with Crippen molar-refractivity contribution in [3.63, 3.8) is 0 Å². The smallest absolute Gasteiger partial charge is 0.416 e. The summed E-state index contributed by atoms with van der Waals surface area (Å²) in [6, 6.07) is 7.45. The minimum absolute atomic E-state index is 0.0231. The lowest BCUT2D eigenvalue weighted by atomic mass is 10.1. The predicted molar refractivity (Wildman–Crippen MR) is 182 cm³/mol. The fourth-order valence-corrected chi connectivity index (χ4v) is 4.12. The first kappa shape index (κ1) is 40.8. The summed E-state index contributed by atoms with van der Waals surface area (Å²) in [5, 5.41) is 4.04. The van der Waals surface area contributed by atoms with Crippen LogP contribution in [0.4, 0.5) is 26.3 Å². The van der Waals surface area contributed by atoms with Crippen LogP contribution in [0.3, 0.4) is 0 Å². The Hall–Kier alpha value is -4.35. The van der Waals surface area contributed by atoms with Crippen molar-refractivity contribution in [2.45, 2.75) is 66.1 Å². The van der Waals surface area contributed by atoms with E-state index >= 15 is 0 Å². The Morgan fingerprint density at radius 3 is 1.80 bits per heavy atom. The normalized spacial score (nSPS) is 12.9. The molecule has 1 aliphatic rings. The van der Waals surface area contributed by atoms with E-state index in [-0.39, 0.29) is 29.6 Å². The third-order valence-corrected chi connectivity index (χ3v) is 6.00. The van der Waals surface area contributed by atoms with Gasteiger partial charge in [-0.1, -0.05) is 22.6 Å². The average Bonchev–Trinajstić information content (AvgIpc) is 3.68. The van der Waals surface area contributed by atoms with E-state index in [0.717, 1.165) is 30.3 Å². The van der Waals surface area contributed by atoms with E-state index in [9.17, 15) is 35.9 Å². The molecule has 3 aromatic rings. The molecule has 49 heavy (non-hydrogen) atoms. The first-order valence-electron chi connectivity index (χ1n) is 14.5. The molecule has 2 heterocycles. The van der Waals surface area contributed by atoms with Crippen molar-refractivity contribution < 1.29 is 45.4 Å². The summed E-state index contributed by atoms with van der Waals surface area (Å²) in [5.41, 5.74) is 0.249. The van der Waals surface area contributed by atoms with Crippen LogP contribution >= 0.6 is 22.6 Å². The van der Waals surface area contributed by atoms with Crippen molar-refractivity contribution in [1.29, 1.82) is 0 Å². The van der Waals surface area contributed by atoms with Crippen LogP contribution in [0.15, 0.2) is 68.9 Å². The molecule has 0 amide bonds. The van der Waals surface area contributed by atoms with Gasteiger partial charge in [0.25, 0.3) is 0 Å². The van der Waals surface area contributed by atoms with Gasteiger partial charge in [0.15, 0.2) is 11.7 Å². The third-order valence-electron chi connectivity index (χ3n) is 5.64. The number of esters is 2. The highest BCUT2D eigenvalue weighted by atomic mass is 127. The molecular formula is C33H34F6IN5O4. The molecule has 0 saturated carbocycles. The van der Waals surface area contributed by atoms with E-state index in [2.05, 4.69) is 20.1 Å². The summed E-state index contributed by atoms with van der Waals surface area (Å²) >= 11 is 1.97. The molecule has 264 valence electrons. The quantitative estimate of drug-likeness (QED) is 0.103. The second-order valence-electron chi connectivity index (χ2n) is 10.8. The lowest BCUT2D eigenvalue weighted by molar-refractivity contribution is -0.142. The molecule has 0 bridgehead atoms. The number of benzene rings is 2. The van der Waals surface area contributed by atoms with Crippen molar-refractivity contribution in [3.8, 4) is 11.4 Å². The SMILES string of the molecule is CC(C)OC(=O)/C=C\I.Cc1cc(-c2ncn(/C=C\C(=O)OC(C)C)n2)cc(C(F)(F)F)c1.Cc1cc(C2=NCC=N2)cc(C(F)(F)F)c1. The molecular weight excluding hydrogens is 771 g/mol. The number of halogens is 7. The number of alkyl halides is 6. The van der Waals surface area contributed by atoms with Gasteiger partial charge < -0.3 is 9.47 Å². The summed E-state index contributed by atoms with van der Waals surface area (Å²) < 4.78 is 88.8. The third kappa shape index (κ3) is 14.7. The molecule has 9 nitrogen and oxygen atoms in total. The molecule has 1 aliphatic heterocycles. The molecule has 0 spiro atoms. The minimum atomic E-state index is -4.44. The van der Waals surface area contributed by atoms with E-state index in [0.29, 0.717) is 29.1 Å². The van der Waals surface area contributed by atoms with Crippen molar-refractivity contribution in [3.05, 3.63) is 86.8 Å². The van der Waals surface area contributed by atoms with Crippen LogP contribution in [0.1, 0.15) is 55.5 Å². The van der Waals surface area contributed by atoms with Gasteiger partial charge in [0.05, 0.1) is 29.9 Å². The fourth-order valence-electron chi connectivity index (χ4n) is 3.82. The van der Waals surface area contributed by atoms with Gasteiger partial charge in [0.1, 0.15) is 6.33 Å². The monoisotopic (exact) mass is 805 g/mol. The number of rotatable bonds is 7. The maximum absolute atomic E-state index is 12.9. The molecule has 1 aromatic heterocycles. The van der Waals surface area contributed by atoms with Crippen LogP contribution in [0.25, 0.3) is 17.6 Å². The molecule has 0 saturated heterocycles. The Bertz CT molecular complexity index is 1710. The number of hydrogen-bond acceptors (Lipinski definition) is 8. The molecule has 16 heteroatoms. The van der Waals surface area contributed by atoms with Gasteiger partial charge in [-0.2, -0.15) is 26.3 Å². The number of carbonyl (C=O) groups is 2. The predicted octanol–water partition coefficient (Wildman–Crippen LogP) is 8.43. The number of carbonyl (C=O) groups excluding carboxylic acids is 2. The van der Waals surface area contributed by atoms with Gasteiger partial charge in [-0.3, -0.25) is 4.99 Å². The van der Waals surface area contributed by atoms with E-state index in [4.69, 9.17) is 9.47 Å². The summed E-state index contributed by atoms with van der Waals surface area (Å²) in [4.78, 5) is 33.8. The largest absolute Gasteiger partial charge is 0.460 e. The van der Waals surface area contributed by atoms with Crippen LogP contribution in [-0.4, -0.2) is 57.5 Å². The molecule has 0 unspecified atom stereocenters. The standard InChI is InChI=1S/C16H16F3N3O2.C11H9F3N2.C6H9IO2/c1-10(2)24-14(23)4-5-22-9-20-15(21-22)12-6-11(3)7-13(8-12)16(17,18)19;1-7-4-8(10-15-2-3-16-10)6-9(5-7)11(12,13)14;1-5(2)9-6(8)3-4-7/h4-10H,1-3H3;2,4-6H,3H2,1H3;3-5H,1-2H3/b5-4-;;4-3-. The summed E-state index contributed by atoms with van der Waals surface area (Å²) in [5.74, 6) is -0.323. The van der Waals surface area contributed by atoms with E-state index in [1.54, 1.807) is 50.1 Å². The highest BCUT2D eigenvalue weighted by Gasteiger charge is 2.32. The first-order valence-corrected chi connectivity index (χ1v) is 15.8. The molecule has 0 atom stereocenters. The summed E-state index contributed by atoms with van der Waals surface area (Å²) in [7, 11) is 0. The first-order chi connectivity index (χ1) is 22.8. The van der Waals surface area contributed by atoms with Crippen LogP contribution in [-0.2, 0) is 31.4 Å². The number of ether oxygens (including phenoxy) is 2. The van der Waals surface area contributed by atoms with Crippen molar-refractivity contribution in [2.24, 2.45) is 9.98 Å². The topological polar surface area (TPSA) is 108 Å². The minimum Gasteiger partial charge on any atom is -0.460 e. The number of aromatic nitrogens is 3. The molecule has 2 aromatic carbocycles. The number of nitrogens with zero attached hydrogens (tertiary/aromatic N) is 5. The Balaban J connectivity index is 0.000000286. The highest BCUT2D eigenvalue weighted by Crippen LogP contribution is 2.33. The second-order valence-corrected chi connectivity index (χ2v) is 11.5. The van der Waals surface area contributed by atoms with Gasteiger partial charge in [-0.05, 0) is 93.2 Å². The lowest BCUT2D eigenvalue weighted by Gasteiger charge is -2.09. The Morgan fingerprint density at radius 1 is 0.816 bits per heavy atom. The lowest BCUT2D eigenvalue weighted by Crippen LogP contribution is -2.08. The number of amidine groups is 1. The van der Waals surface area contributed by atoms with Crippen molar-refractivity contribution >= 4 is 52.8 Å². The molecule has 0 fully saturated rings. The van der Waals surface area contributed by atoms with E-state index in [1.807, 2.05) is 36.4 Å². The molecule has 0 N–H and O–H groups in total. The zero-order chi connectivity index (χ0) is 36.9. The average molecular weight is 806 g/mol. The zero-order valence-electron chi connectivity index (χ0n) is 27.3. The number of aryl methyl sites for hydroxylation is 2. The number of hydrogen-bond donors (Lipinski definition) is 0. The second kappa shape index (κ2) is 18.4. The Morgan fingerprint density at radius 2 is 1.33 bits per heavy atom. The summed E-state index contributed by atoms with van der Waals surface area (Å²) in [6.45, 7) is 10.7. The van der Waals surface area contributed by atoms with Crippen LogP contribution in [0, 0.1) is 13.8 Å². The van der Waals surface area contributed by atoms with Gasteiger partial charge in [-0.25, -0.2) is 24.2 Å². The maximum atomic E-state index is 12.9. The molecule has 0 radical (unpaired) electrons. The highest BCUT2D eigenvalue weighted by molar-refractivity contribution is 14.1. The Kier molecular flexibility index (Phi) is 15.3. The number of aliphatic imine (C=N–C) groups is 2. The summed E-state index contributed by atoms with van der Waals surface area (Å²) in [6.07, 6.45) is -2.30. The van der Waals surface area contributed by atoms with E-state index < -0.39 is 29.4 Å². The zero-order valence-corrected chi connectivity index (χ0v) is 29.5. The van der Waals surface area contributed by atoms with Crippen molar-refractivity contribution in [2.75, 3.05) is 6.54 Å². The van der Waals surface area contributed by atoms with Crippen LogP contribution < -0.4 is 0 Å². The fraction of sp³-hybridized carbons (Fsp3) is 0.333. The van der Waals surface area contributed by atoms with E-state index in [1.165, 1.54) is 23.3 Å². The van der Waals surface area contributed by atoms with Gasteiger partial charge >= 0.3 is 24.3 Å². The Labute approximate surface area is 293 Å². The van der Waals surface area contributed by atoms with Crippen LogP contribution in [0.2, 0.25) is 0 Å². The van der Waals surface area contributed by atoms with Gasteiger partial charge in [0.2, 0.25) is 0 Å². The van der Waals surface area contributed by atoms with Gasteiger partial charge in [0, 0.05) is 35.7 Å². The van der Waals surface area contributed by atoms with Crippen molar-refractivity contribution in [1.82, 2.24) is 14.8 Å². The molecule has 4 rings (SSSR count). The molecule has 0 aliphatic carbocycles.